The van der Waals surface area contributed by atoms with E-state index in [9.17, 15) is 23.3 Å². The second-order valence-electron chi connectivity index (χ2n) is 6.05. The number of nitrogens with zero attached hydrogens (tertiary/aromatic N) is 3. The number of alkyl halides is 3. The fourth-order valence-electron chi connectivity index (χ4n) is 2.70. The van der Waals surface area contributed by atoms with E-state index in [0.717, 1.165) is 6.07 Å². The Morgan fingerprint density at radius 3 is 2.93 bits per heavy atom. The molecule has 0 unspecified atom stereocenters. The predicted octanol–water partition coefficient (Wildman–Crippen LogP) is 2.22. The molecule has 0 aliphatic carbocycles. The van der Waals surface area contributed by atoms with E-state index in [1.165, 1.54) is 30.0 Å². The van der Waals surface area contributed by atoms with Gasteiger partial charge >= 0.3 is 18.2 Å². The van der Waals surface area contributed by atoms with Crippen LogP contribution in [0.5, 0.6) is 17.5 Å². The first-order chi connectivity index (χ1) is 13.7. The molecular formula is C16H17F3N4O6. The minimum absolute atomic E-state index is 0.156. The van der Waals surface area contributed by atoms with Crippen molar-refractivity contribution in [3.63, 3.8) is 0 Å². The molecule has 1 aliphatic heterocycles. The molecule has 13 heteroatoms. The maximum absolute atomic E-state index is 12.4. The van der Waals surface area contributed by atoms with Crippen LogP contribution in [-0.4, -0.2) is 47.4 Å². The Kier molecular flexibility index (Phi) is 6.08. The van der Waals surface area contributed by atoms with Crippen molar-refractivity contribution in [1.82, 2.24) is 14.9 Å². The van der Waals surface area contributed by atoms with Crippen LogP contribution in [0.1, 0.15) is 5.56 Å². The molecule has 158 valence electrons. The van der Waals surface area contributed by atoms with Gasteiger partial charge in [-0.2, -0.15) is 0 Å². The molecule has 3 rings (SSSR count). The maximum Gasteiger partial charge on any atom is 0.573 e. The molecule has 1 aliphatic rings. The number of hydrogen-bond acceptors (Lipinski definition) is 8. The Morgan fingerprint density at radius 2 is 2.24 bits per heavy atom. The molecule has 0 fully saturated rings. The lowest BCUT2D eigenvalue weighted by Gasteiger charge is -2.23. The van der Waals surface area contributed by atoms with Crippen LogP contribution in [0.2, 0.25) is 0 Å². The van der Waals surface area contributed by atoms with Crippen molar-refractivity contribution in [2.75, 3.05) is 20.5 Å². The van der Waals surface area contributed by atoms with Gasteiger partial charge in [0.2, 0.25) is 0 Å². The van der Waals surface area contributed by atoms with Crippen molar-refractivity contribution >= 4 is 5.82 Å². The molecule has 1 N–H and O–H groups in total. The van der Waals surface area contributed by atoms with Gasteiger partial charge in [-0.3, -0.25) is 4.57 Å². The number of fused-ring (bicyclic) bond motifs is 1. The number of imidazole rings is 1. The van der Waals surface area contributed by atoms with Crippen LogP contribution >= 0.6 is 0 Å². The number of benzene rings is 1. The number of nitrogens with one attached hydrogen (secondary N) is 1. The highest BCUT2D eigenvalue weighted by Crippen LogP contribution is 2.29. The quantitative estimate of drug-likeness (QED) is 0.395. The third-order valence-electron chi connectivity index (χ3n) is 3.93. The van der Waals surface area contributed by atoms with Crippen LogP contribution in [0, 0.1) is 10.1 Å². The summed E-state index contributed by atoms with van der Waals surface area (Å²) in [5.74, 6) is -0.559. The Morgan fingerprint density at radius 1 is 1.45 bits per heavy atom. The van der Waals surface area contributed by atoms with Crippen molar-refractivity contribution in [2.45, 2.75) is 25.5 Å². The second kappa shape index (κ2) is 8.53. The van der Waals surface area contributed by atoms with E-state index in [-0.39, 0.29) is 43.6 Å². The van der Waals surface area contributed by atoms with Crippen molar-refractivity contribution in [1.29, 1.82) is 0 Å². The molecule has 2 heterocycles. The summed E-state index contributed by atoms with van der Waals surface area (Å²) < 4.78 is 58.3. The van der Waals surface area contributed by atoms with E-state index in [1.807, 2.05) is 0 Å². The van der Waals surface area contributed by atoms with E-state index in [4.69, 9.17) is 14.2 Å². The molecular weight excluding hydrogens is 401 g/mol. The van der Waals surface area contributed by atoms with Crippen molar-refractivity contribution in [3.05, 3.63) is 40.1 Å². The number of methoxy groups -OCH3 is 1. The van der Waals surface area contributed by atoms with Gasteiger partial charge in [-0.25, -0.2) is 0 Å². The molecule has 0 bridgehead atoms. The van der Waals surface area contributed by atoms with Crippen LogP contribution in [-0.2, 0) is 17.8 Å². The molecule has 0 saturated heterocycles. The average Bonchev–Trinajstić information content (AvgIpc) is 3.08. The first-order valence-electron chi connectivity index (χ1n) is 8.33. The summed E-state index contributed by atoms with van der Waals surface area (Å²) >= 11 is 0. The highest BCUT2D eigenvalue weighted by molar-refractivity contribution is 5.41. The largest absolute Gasteiger partial charge is 0.573 e. The third kappa shape index (κ3) is 5.48. The van der Waals surface area contributed by atoms with E-state index in [0.29, 0.717) is 12.1 Å². The Labute approximate surface area is 162 Å². The van der Waals surface area contributed by atoms with Crippen LogP contribution in [0.15, 0.2) is 24.4 Å². The number of ether oxygens (including phenoxy) is 4. The Hall–Kier alpha value is -3.06. The lowest BCUT2D eigenvalue weighted by Crippen LogP contribution is -2.41. The van der Waals surface area contributed by atoms with Crippen LogP contribution < -0.4 is 19.5 Å². The van der Waals surface area contributed by atoms with Gasteiger partial charge in [0.25, 0.3) is 0 Å². The summed E-state index contributed by atoms with van der Waals surface area (Å²) in [6.45, 7) is 0.681. The number of halogens is 3. The maximum atomic E-state index is 12.4. The standard InChI is InChI=1S/C16H17F3N4O6/c1-26-9-28-13-4-12(29-16(17,18)19)3-2-10(13)5-20-11-6-22-7-14(23(24)25)21-15(22)27-8-11/h2-4,7,11,20H,5-6,8-9H2,1H3/t11-/m0/s1. The first-order valence-corrected chi connectivity index (χ1v) is 8.33. The van der Waals surface area contributed by atoms with Gasteiger partial charge in [-0.15, -0.1) is 13.2 Å². The van der Waals surface area contributed by atoms with E-state index in [1.54, 1.807) is 0 Å². The average molecular weight is 418 g/mol. The number of rotatable bonds is 8. The Bertz CT molecular complexity index is 873. The molecule has 1 atom stereocenters. The summed E-state index contributed by atoms with van der Waals surface area (Å²) in [7, 11) is 1.38. The minimum Gasteiger partial charge on any atom is -0.467 e. The van der Waals surface area contributed by atoms with E-state index in [2.05, 4.69) is 15.0 Å². The third-order valence-corrected chi connectivity index (χ3v) is 3.93. The van der Waals surface area contributed by atoms with Crippen LogP contribution in [0.4, 0.5) is 19.0 Å². The lowest BCUT2D eigenvalue weighted by molar-refractivity contribution is -0.389. The van der Waals surface area contributed by atoms with Gasteiger partial charge < -0.3 is 34.4 Å². The predicted molar refractivity (Wildman–Crippen MR) is 90.6 cm³/mol. The zero-order valence-corrected chi connectivity index (χ0v) is 15.1. The summed E-state index contributed by atoms with van der Waals surface area (Å²) in [6.07, 6.45) is -3.54. The molecule has 0 saturated carbocycles. The van der Waals surface area contributed by atoms with Gasteiger partial charge in [-0.1, -0.05) is 6.07 Å². The summed E-state index contributed by atoms with van der Waals surface area (Å²) in [6, 6.07) is 3.69. The second-order valence-corrected chi connectivity index (χ2v) is 6.05. The fraction of sp³-hybridized carbons (Fsp3) is 0.438. The van der Waals surface area contributed by atoms with Crippen molar-refractivity contribution < 1.29 is 37.0 Å². The van der Waals surface area contributed by atoms with Gasteiger partial charge in [0, 0.05) is 36.8 Å². The van der Waals surface area contributed by atoms with E-state index >= 15 is 0 Å². The van der Waals surface area contributed by atoms with Gasteiger partial charge in [0.1, 0.15) is 24.3 Å². The summed E-state index contributed by atoms with van der Waals surface area (Å²) in [5.41, 5.74) is 0.569. The van der Waals surface area contributed by atoms with Gasteiger partial charge in [-0.05, 0) is 11.0 Å². The fourth-order valence-corrected chi connectivity index (χ4v) is 2.70. The molecule has 2 aromatic rings. The van der Waals surface area contributed by atoms with Gasteiger partial charge in [0.05, 0.1) is 6.04 Å². The molecule has 29 heavy (non-hydrogen) atoms. The molecule has 0 spiro atoms. The number of aromatic nitrogens is 2. The molecule has 0 amide bonds. The topological polar surface area (TPSA) is 110 Å². The van der Waals surface area contributed by atoms with Crippen molar-refractivity contribution in [3.8, 4) is 17.5 Å². The highest BCUT2D eigenvalue weighted by Gasteiger charge is 2.31. The molecule has 1 aromatic heterocycles. The molecule has 0 radical (unpaired) electrons. The number of nitro groups is 1. The van der Waals surface area contributed by atoms with Gasteiger partial charge in [0.15, 0.2) is 6.79 Å². The van der Waals surface area contributed by atoms with Crippen LogP contribution in [0.3, 0.4) is 0 Å². The lowest BCUT2D eigenvalue weighted by atomic mass is 10.1. The highest BCUT2D eigenvalue weighted by atomic mass is 19.4. The zero-order chi connectivity index (χ0) is 21.0. The summed E-state index contributed by atoms with van der Waals surface area (Å²) in [5, 5.41) is 14.0. The molecule has 1 aromatic carbocycles. The minimum atomic E-state index is -4.82. The van der Waals surface area contributed by atoms with Crippen LogP contribution in [0.25, 0.3) is 0 Å². The van der Waals surface area contributed by atoms with E-state index < -0.39 is 17.0 Å². The first kappa shape index (κ1) is 20.7. The normalized spacial score (nSPS) is 16.1. The van der Waals surface area contributed by atoms with Crippen molar-refractivity contribution in [2.24, 2.45) is 0 Å². The summed E-state index contributed by atoms with van der Waals surface area (Å²) in [4.78, 5) is 14.0. The Balaban J connectivity index is 1.66. The SMILES string of the molecule is COCOc1cc(OC(F)(F)F)ccc1CN[C@@H]1COc2nc([N+](=O)[O-])cn2C1. The number of hydrogen-bond donors (Lipinski definition) is 1. The monoisotopic (exact) mass is 418 g/mol. The molecule has 10 nitrogen and oxygen atoms in total. The smallest absolute Gasteiger partial charge is 0.467 e. The zero-order valence-electron chi connectivity index (χ0n) is 15.1.